The SMILES string of the molecule is COC(=O)C1CCCCN1Cc1ccc2c(c1)CN(Cc1ccsc1)CCO2. The third-order valence-electron chi connectivity index (χ3n) is 5.64. The number of carbonyl (C=O) groups excluding carboxylic acids is 1. The van der Waals surface area contributed by atoms with Crippen LogP contribution in [0, 0.1) is 0 Å². The van der Waals surface area contributed by atoms with Crippen LogP contribution in [-0.2, 0) is 29.2 Å². The minimum Gasteiger partial charge on any atom is -0.492 e. The summed E-state index contributed by atoms with van der Waals surface area (Å²) < 4.78 is 11.0. The summed E-state index contributed by atoms with van der Waals surface area (Å²) in [6, 6.07) is 8.55. The van der Waals surface area contributed by atoms with Gasteiger partial charge in [0.2, 0.25) is 0 Å². The number of ether oxygens (including phenoxy) is 2. The Labute approximate surface area is 170 Å². The van der Waals surface area contributed by atoms with Crippen molar-refractivity contribution in [3.05, 3.63) is 51.7 Å². The predicted molar refractivity (Wildman–Crippen MR) is 110 cm³/mol. The zero-order valence-corrected chi connectivity index (χ0v) is 17.2. The highest BCUT2D eigenvalue weighted by Gasteiger charge is 2.29. The van der Waals surface area contributed by atoms with Gasteiger partial charge in [0.25, 0.3) is 0 Å². The first-order valence-electron chi connectivity index (χ1n) is 10.0. The fourth-order valence-corrected chi connectivity index (χ4v) is 4.85. The van der Waals surface area contributed by atoms with E-state index in [1.807, 2.05) is 0 Å². The summed E-state index contributed by atoms with van der Waals surface area (Å²) in [4.78, 5) is 16.9. The van der Waals surface area contributed by atoms with Gasteiger partial charge in [-0.15, -0.1) is 0 Å². The normalized spacial score (nSPS) is 20.8. The molecule has 3 heterocycles. The topological polar surface area (TPSA) is 42.0 Å². The Bertz CT molecular complexity index is 793. The van der Waals surface area contributed by atoms with Crippen LogP contribution in [0.4, 0.5) is 0 Å². The smallest absolute Gasteiger partial charge is 0.323 e. The summed E-state index contributed by atoms with van der Waals surface area (Å²) in [6.07, 6.45) is 3.11. The molecule has 5 nitrogen and oxygen atoms in total. The van der Waals surface area contributed by atoms with Gasteiger partial charge in [-0.3, -0.25) is 14.6 Å². The summed E-state index contributed by atoms with van der Waals surface area (Å²) in [5.74, 6) is 0.875. The molecule has 150 valence electrons. The number of likely N-dealkylation sites (tertiary alicyclic amines) is 1. The summed E-state index contributed by atoms with van der Waals surface area (Å²) in [5.41, 5.74) is 3.83. The molecule has 6 heteroatoms. The maximum atomic E-state index is 12.2. The molecule has 4 rings (SSSR count). The van der Waals surface area contributed by atoms with Crippen molar-refractivity contribution >= 4 is 17.3 Å². The van der Waals surface area contributed by atoms with E-state index in [0.717, 1.165) is 57.7 Å². The number of thiophene rings is 1. The Morgan fingerprint density at radius 1 is 1.21 bits per heavy atom. The van der Waals surface area contributed by atoms with E-state index in [2.05, 4.69) is 44.8 Å². The van der Waals surface area contributed by atoms with Crippen molar-refractivity contribution in [1.29, 1.82) is 0 Å². The number of methoxy groups -OCH3 is 1. The molecule has 1 aromatic carbocycles. The number of esters is 1. The van der Waals surface area contributed by atoms with Crippen LogP contribution < -0.4 is 4.74 Å². The molecule has 0 spiro atoms. The molecule has 0 radical (unpaired) electrons. The number of rotatable bonds is 5. The summed E-state index contributed by atoms with van der Waals surface area (Å²) in [6.45, 7) is 5.20. The Hall–Kier alpha value is -1.89. The Kier molecular flexibility index (Phi) is 6.29. The van der Waals surface area contributed by atoms with E-state index in [0.29, 0.717) is 6.61 Å². The fourth-order valence-electron chi connectivity index (χ4n) is 4.19. The van der Waals surface area contributed by atoms with Crippen molar-refractivity contribution in [1.82, 2.24) is 9.80 Å². The van der Waals surface area contributed by atoms with Gasteiger partial charge in [-0.05, 0) is 59.5 Å². The maximum absolute atomic E-state index is 12.2. The van der Waals surface area contributed by atoms with Crippen LogP contribution in [0.5, 0.6) is 5.75 Å². The number of hydrogen-bond donors (Lipinski definition) is 0. The van der Waals surface area contributed by atoms with Crippen molar-refractivity contribution in [2.75, 3.05) is 26.8 Å². The lowest BCUT2D eigenvalue weighted by Gasteiger charge is -2.33. The molecule has 1 fully saturated rings. The molecule has 0 amide bonds. The number of benzene rings is 1. The fraction of sp³-hybridized carbons (Fsp3) is 0.500. The van der Waals surface area contributed by atoms with Gasteiger partial charge in [-0.1, -0.05) is 12.5 Å². The van der Waals surface area contributed by atoms with Gasteiger partial charge in [-0.25, -0.2) is 0 Å². The Morgan fingerprint density at radius 3 is 2.96 bits per heavy atom. The number of carbonyl (C=O) groups is 1. The second kappa shape index (κ2) is 9.07. The third-order valence-corrected chi connectivity index (χ3v) is 6.37. The lowest BCUT2D eigenvalue weighted by atomic mass is 10.0. The van der Waals surface area contributed by atoms with Crippen molar-refractivity contribution in [3.8, 4) is 5.75 Å². The summed E-state index contributed by atoms with van der Waals surface area (Å²) >= 11 is 1.74. The van der Waals surface area contributed by atoms with Crippen LogP contribution in [0.15, 0.2) is 35.0 Å². The van der Waals surface area contributed by atoms with Crippen LogP contribution in [0.1, 0.15) is 36.0 Å². The zero-order valence-electron chi connectivity index (χ0n) is 16.4. The van der Waals surface area contributed by atoms with Crippen LogP contribution in [0.2, 0.25) is 0 Å². The molecule has 0 aliphatic carbocycles. The van der Waals surface area contributed by atoms with Gasteiger partial charge in [0.1, 0.15) is 18.4 Å². The van der Waals surface area contributed by atoms with E-state index >= 15 is 0 Å². The van der Waals surface area contributed by atoms with E-state index in [9.17, 15) is 4.79 Å². The minimum absolute atomic E-state index is 0.111. The van der Waals surface area contributed by atoms with Crippen LogP contribution in [0.25, 0.3) is 0 Å². The zero-order chi connectivity index (χ0) is 19.3. The van der Waals surface area contributed by atoms with E-state index in [1.165, 1.54) is 23.8 Å². The molecule has 1 atom stereocenters. The average Bonchev–Trinajstić information content (AvgIpc) is 3.14. The molecule has 1 unspecified atom stereocenters. The summed E-state index contributed by atoms with van der Waals surface area (Å²) in [5, 5.41) is 4.35. The predicted octanol–water partition coefficient (Wildman–Crippen LogP) is 3.67. The first-order valence-corrected chi connectivity index (χ1v) is 11.0. The molecule has 0 N–H and O–H groups in total. The van der Waals surface area contributed by atoms with Crippen LogP contribution in [-0.4, -0.2) is 48.6 Å². The van der Waals surface area contributed by atoms with Crippen LogP contribution >= 0.6 is 11.3 Å². The molecular weight excluding hydrogens is 372 g/mol. The largest absolute Gasteiger partial charge is 0.492 e. The molecule has 1 aromatic heterocycles. The third kappa shape index (κ3) is 4.57. The van der Waals surface area contributed by atoms with Crippen molar-refractivity contribution < 1.29 is 14.3 Å². The highest BCUT2D eigenvalue weighted by molar-refractivity contribution is 7.07. The second-order valence-corrected chi connectivity index (χ2v) is 8.42. The van der Waals surface area contributed by atoms with Gasteiger partial charge in [0.15, 0.2) is 0 Å². The first kappa shape index (κ1) is 19.4. The van der Waals surface area contributed by atoms with E-state index < -0.39 is 0 Å². The molecule has 2 aliphatic rings. The summed E-state index contributed by atoms with van der Waals surface area (Å²) in [7, 11) is 1.48. The van der Waals surface area contributed by atoms with Gasteiger partial charge >= 0.3 is 5.97 Å². The molecule has 2 aromatic rings. The van der Waals surface area contributed by atoms with Crippen LogP contribution in [0.3, 0.4) is 0 Å². The molecule has 28 heavy (non-hydrogen) atoms. The number of fused-ring (bicyclic) bond motifs is 1. The lowest BCUT2D eigenvalue weighted by Crippen LogP contribution is -2.44. The number of piperidine rings is 1. The quantitative estimate of drug-likeness (QED) is 0.717. The van der Waals surface area contributed by atoms with E-state index in [4.69, 9.17) is 9.47 Å². The van der Waals surface area contributed by atoms with Crippen molar-refractivity contribution in [3.63, 3.8) is 0 Å². The van der Waals surface area contributed by atoms with Gasteiger partial charge < -0.3 is 9.47 Å². The molecule has 0 bridgehead atoms. The highest BCUT2D eigenvalue weighted by atomic mass is 32.1. The van der Waals surface area contributed by atoms with Crippen molar-refractivity contribution in [2.24, 2.45) is 0 Å². The standard InChI is InChI=1S/C22H28N2O3S/c1-26-22(25)20-4-2-3-8-24(20)14-17-5-6-21-19(12-17)15-23(9-10-27-21)13-18-7-11-28-16-18/h5-7,11-12,16,20H,2-4,8-10,13-15H2,1H3. The van der Waals surface area contributed by atoms with E-state index in [1.54, 1.807) is 11.3 Å². The average molecular weight is 401 g/mol. The number of nitrogens with zero attached hydrogens (tertiary/aromatic N) is 2. The Morgan fingerprint density at radius 2 is 2.14 bits per heavy atom. The molecular formula is C22H28N2O3S. The van der Waals surface area contributed by atoms with Gasteiger partial charge in [0.05, 0.1) is 7.11 Å². The maximum Gasteiger partial charge on any atom is 0.323 e. The van der Waals surface area contributed by atoms with Crippen molar-refractivity contribution in [2.45, 2.75) is 44.9 Å². The second-order valence-electron chi connectivity index (χ2n) is 7.64. The molecule has 0 saturated carbocycles. The Balaban J connectivity index is 1.48. The monoisotopic (exact) mass is 400 g/mol. The number of hydrogen-bond acceptors (Lipinski definition) is 6. The van der Waals surface area contributed by atoms with Gasteiger partial charge in [-0.2, -0.15) is 11.3 Å². The van der Waals surface area contributed by atoms with E-state index in [-0.39, 0.29) is 12.0 Å². The minimum atomic E-state index is -0.121. The first-order chi connectivity index (χ1) is 13.7. The molecule has 2 aliphatic heterocycles. The molecule has 1 saturated heterocycles. The lowest BCUT2D eigenvalue weighted by molar-refractivity contribution is -0.148. The highest BCUT2D eigenvalue weighted by Crippen LogP contribution is 2.27. The van der Waals surface area contributed by atoms with Gasteiger partial charge in [0, 0.05) is 31.7 Å².